The minimum atomic E-state index is 0.0967. The Morgan fingerprint density at radius 3 is 2.79 bits per heavy atom. The van der Waals surface area contributed by atoms with E-state index >= 15 is 0 Å². The standard InChI is InChI=1S/C11H22N2O/c12-11(4-1-2-5-11)9-13-7-10-3-6-14-8-10/h10,13H,1-9,12H2. The van der Waals surface area contributed by atoms with E-state index in [2.05, 4.69) is 5.32 Å². The summed E-state index contributed by atoms with van der Waals surface area (Å²) in [5.41, 5.74) is 6.35. The van der Waals surface area contributed by atoms with Gasteiger partial charge in [0.25, 0.3) is 0 Å². The Bertz CT molecular complexity index is 172. The summed E-state index contributed by atoms with van der Waals surface area (Å²) in [6.45, 7) is 3.95. The van der Waals surface area contributed by atoms with Gasteiger partial charge in [0.05, 0.1) is 6.61 Å². The van der Waals surface area contributed by atoms with Crippen molar-refractivity contribution in [1.29, 1.82) is 0 Å². The van der Waals surface area contributed by atoms with Crippen molar-refractivity contribution in [3.8, 4) is 0 Å². The SMILES string of the molecule is NC1(CNCC2CCOC2)CCCC1. The summed E-state index contributed by atoms with van der Waals surface area (Å²) in [7, 11) is 0. The van der Waals surface area contributed by atoms with Crippen LogP contribution in [0.5, 0.6) is 0 Å². The van der Waals surface area contributed by atoms with Crippen LogP contribution in [0.1, 0.15) is 32.1 Å². The van der Waals surface area contributed by atoms with Gasteiger partial charge in [-0.25, -0.2) is 0 Å². The first-order valence-electron chi connectivity index (χ1n) is 5.86. The van der Waals surface area contributed by atoms with E-state index in [4.69, 9.17) is 10.5 Å². The van der Waals surface area contributed by atoms with Gasteiger partial charge in [-0.3, -0.25) is 0 Å². The van der Waals surface area contributed by atoms with Gasteiger partial charge in [0.15, 0.2) is 0 Å². The van der Waals surface area contributed by atoms with Gasteiger partial charge < -0.3 is 15.8 Å². The van der Waals surface area contributed by atoms with Crippen LogP contribution in [0.2, 0.25) is 0 Å². The Hall–Kier alpha value is -0.120. The van der Waals surface area contributed by atoms with Gasteiger partial charge in [-0.2, -0.15) is 0 Å². The minimum absolute atomic E-state index is 0.0967. The van der Waals surface area contributed by atoms with Gasteiger partial charge >= 0.3 is 0 Å². The van der Waals surface area contributed by atoms with Crippen molar-refractivity contribution in [1.82, 2.24) is 5.32 Å². The molecule has 1 saturated carbocycles. The number of hydrogen-bond acceptors (Lipinski definition) is 3. The summed E-state index contributed by atoms with van der Waals surface area (Å²) in [6, 6.07) is 0. The quantitative estimate of drug-likeness (QED) is 0.705. The van der Waals surface area contributed by atoms with Crippen LogP contribution < -0.4 is 11.1 Å². The van der Waals surface area contributed by atoms with Crippen molar-refractivity contribution < 1.29 is 4.74 Å². The van der Waals surface area contributed by atoms with Crippen LogP contribution in [0.4, 0.5) is 0 Å². The van der Waals surface area contributed by atoms with Gasteiger partial charge in [-0.15, -0.1) is 0 Å². The van der Waals surface area contributed by atoms with E-state index in [0.29, 0.717) is 0 Å². The van der Waals surface area contributed by atoms with Gasteiger partial charge in [-0.05, 0) is 25.2 Å². The molecular formula is C11H22N2O. The zero-order chi connectivity index (χ0) is 9.86. The molecule has 1 aliphatic carbocycles. The number of hydrogen-bond donors (Lipinski definition) is 2. The Morgan fingerprint density at radius 2 is 2.14 bits per heavy atom. The molecule has 0 bridgehead atoms. The summed E-state index contributed by atoms with van der Waals surface area (Å²) in [6.07, 6.45) is 6.22. The fourth-order valence-electron chi connectivity index (χ4n) is 2.53. The van der Waals surface area contributed by atoms with E-state index in [9.17, 15) is 0 Å². The molecule has 82 valence electrons. The average molecular weight is 198 g/mol. The second-order valence-corrected chi connectivity index (χ2v) is 4.93. The lowest BCUT2D eigenvalue weighted by atomic mass is 9.99. The molecule has 0 amide bonds. The molecule has 14 heavy (non-hydrogen) atoms. The average Bonchev–Trinajstić information content (AvgIpc) is 2.77. The van der Waals surface area contributed by atoms with Crippen LogP contribution >= 0.6 is 0 Å². The topological polar surface area (TPSA) is 47.3 Å². The first kappa shape index (κ1) is 10.4. The zero-order valence-electron chi connectivity index (χ0n) is 8.93. The third-order valence-electron chi connectivity index (χ3n) is 3.53. The van der Waals surface area contributed by atoms with Crippen LogP contribution in [-0.4, -0.2) is 31.8 Å². The molecule has 1 aliphatic heterocycles. The van der Waals surface area contributed by atoms with E-state index in [-0.39, 0.29) is 5.54 Å². The highest BCUT2D eigenvalue weighted by atomic mass is 16.5. The number of rotatable bonds is 4. The van der Waals surface area contributed by atoms with Gasteiger partial charge in [0, 0.05) is 25.2 Å². The van der Waals surface area contributed by atoms with Crippen molar-refractivity contribution >= 4 is 0 Å². The maximum atomic E-state index is 6.25. The maximum absolute atomic E-state index is 6.25. The van der Waals surface area contributed by atoms with Crippen molar-refractivity contribution in [3.05, 3.63) is 0 Å². The fraction of sp³-hybridized carbons (Fsp3) is 1.00. The number of ether oxygens (including phenoxy) is 1. The normalized spacial score (nSPS) is 31.1. The summed E-state index contributed by atoms with van der Waals surface area (Å²) >= 11 is 0. The van der Waals surface area contributed by atoms with Crippen molar-refractivity contribution in [2.45, 2.75) is 37.6 Å². The summed E-state index contributed by atoms with van der Waals surface area (Å²) in [5.74, 6) is 0.722. The molecule has 1 unspecified atom stereocenters. The van der Waals surface area contributed by atoms with Crippen LogP contribution in [0.3, 0.4) is 0 Å². The molecule has 2 aliphatic rings. The second kappa shape index (κ2) is 4.60. The summed E-state index contributed by atoms with van der Waals surface area (Å²) in [5, 5.41) is 3.50. The fourth-order valence-corrected chi connectivity index (χ4v) is 2.53. The first-order chi connectivity index (χ1) is 6.79. The zero-order valence-corrected chi connectivity index (χ0v) is 8.93. The highest BCUT2D eigenvalue weighted by Crippen LogP contribution is 2.26. The van der Waals surface area contributed by atoms with E-state index < -0.39 is 0 Å². The molecule has 1 atom stereocenters. The van der Waals surface area contributed by atoms with Gasteiger partial charge in [0.2, 0.25) is 0 Å². The molecule has 2 rings (SSSR count). The molecule has 1 saturated heterocycles. The number of nitrogens with two attached hydrogens (primary N) is 1. The molecule has 2 fully saturated rings. The van der Waals surface area contributed by atoms with Crippen molar-refractivity contribution in [2.24, 2.45) is 11.7 Å². The third kappa shape index (κ3) is 2.69. The Morgan fingerprint density at radius 1 is 1.36 bits per heavy atom. The lowest BCUT2D eigenvalue weighted by Crippen LogP contribution is -2.47. The molecule has 0 aromatic carbocycles. The predicted molar refractivity (Wildman–Crippen MR) is 57.2 cm³/mol. The number of nitrogens with one attached hydrogen (secondary N) is 1. The lowest BCUT2D eigenvalue weighted by Gasteiger charge is -2.24. The summed E-state index contributed by atoms with van der Waals surface area (Å²) < 4.78 is 5.33. The molecule has 3 nitrogen and oxygen atoms in total. The Labute approximate surface area is 86.4 Å². The van der Waals surface area contributed by atoms with E-state index in [0.717, 1.165) is 32.2 Å². The molecule has 0 radical (unpaired) electrons. The van der Waals surface area contributed by atoms with Gasteiger partial charge in [0.1, 0.15) is 0 Å². The molecule has 0 aromatic heterocycles. The third-order valence-corrected chi connectivity index (χ3v) is 3.53. The molecule has 0 spiro atoms. The van der Waals surface area contributed by atoms with Crippen molar-refractivity contribution in [3.63, 3.8) is 0 Å². The molecule has 1 heterocycles. The van der Waals surface area contributed by atoms with Crippen LogP contribution in [0, 0.1) is 5.92 Å². The lowest BCUT2D eigenvalue weighted by molar-refractivity contribution is 0.184. The highest BCUT2D eigenvalue weighted by molar-refractivity contribution is 4.91. The molecule has 3 heteroatoms. The smallest absolute Gasteiger partial charge is 0.0507 e. The molecule has 0 aromatic rings. The van der Waals surface area contributed by atoms with Gasteiger partial charge in [-0.1, -0.05) is 12.8 Å². The van der Waals surface area contributed by atoms with Crippen LogP contribution in [-0.2, 0) is 4.74 Å². The van der Waals surface area contributed by atoms with E-state index in [1.165, 1.54) is 32.1 Å². The second-order valence-electron chi connectivity index (χ2n) is 4.93. The van der Waals surface area contributed by atoms with Crippen LogP contribution in [0.25, 0.3) is 0 Å². The van der Waals surface area contributed by atoms with Crippen LogP contribution in [0.15, 0.2) is 0 Å². The van der Waals surface area contributed by atoms with Crippen molar-refractivity contribution in [2.75, 3.05) is 26.3 Å². The summed E-state index contributed by atoms with van der Waals surface area (Å²) in [4.78, 5) is 0. The Balaban J connectivity index is 1.61. The minimum Gasteiger partial charge on any atom is -0.381 e. The monoisotopic (exact) mass is 198 g/mol. The largest absolute Gasteiger partial charge is 0.381 e. The maximum Gasteiger partial charge on any atom is 0.0507 e. The van der Waals surface area contributed by atoms with E-state index in [1.807, 2.05) is 0 Å². The highest BCUT2D eigenvalue weighted by Gasteiger charge is 2.29. The van der Waals surface area contributed by atoms with E-state index in [1.54, 1.807) is 0 Å². The Kier molecular flexibility index (Phi) is 3.42. The molecule has 3 N–H and O–H groups in total. The first-order valence-corrected chi connectivity index (χ1v) is 5.86. The molecular weight excluding hydrogens is 176 g/mol. The predicted octanol–water partition coefficient (Wildman–Crippen LogP) is 0.884.